The van der Waals surface area contributed by atoms with Crippen molar-refractivity contribution >= 4 is 34.6 Å². The highest BCUT2D eigenvalue weighted by atomic mass is 32.2. The normalized spacial score (nSPS) is 19.1. The molecule has 6 aromatic rings. The molecular weight excluding hydrogens is 1140 g/mol. The first-order chi connectivity index (χ1) is 39.5. The number of methoxy groups -OCH3 is 4. The number of alkyl halides is 3. The van der Waals surface area contributed by atoms with E-state index >= 15 is 0 Å². The molecule has 6 aliphatic heterocycles. The summed E-state index contributed by atoms with van der Waals surface area (Å²) < 4.78 is 176. The summed E-state index contributed by atoms with van der Waals surface area (Å²) in [6.07, 6.45) is -0.371. The van der Waals surface area contributed by atoms with Crippen molar-refractivity contribution in [1.82, 2.24) is 9.80 Å². The van der Waals surface area contributed by atoms with Gasteiger partial charge in [-0.05, 0) is 97.6 Å². The first-order valence-corrected chi connectivity index (χ1v) is 26.4. The number of hydrogen-bond donors (Lipinski definition) is 2. The molecule has 12 rings (SSSR count). The largest absolute Gasteiger partial charge is 0.534 e. The highest BCUT2D eigenvalue weighted by molar-refractivity contribution is 7.88. The summed E-state index contributed by atoms with van der Waals surface area (Å²) in [5.74, 6) is -2.80. The number of halogens is 7. The van der Waals surface area contributed by atoms with Crippen LogP contribution in [0.5, 0.6) is 51.7 Å². The minimum Gasteiger partial charge on any atom is -0.496 e. The zero-order chi connectivity index (χ0) is 59.6. The molecule has 0 bridgehead atoms. The highest BCUT2D eigenvalue weighted by Crippen LogP contribution is 2.58. The van der Waals surface area contributed by atoms with Crippen LogP contribution in [0, 0.1) is 23.3 Å². The Balaban J connectivity index is 0.000000157. The molecule has 6 aliphatic rings. The van der Waals surface area contributed by atoms with Crippen molar-refractivity contribution < 1.29 is 110 Å². The van der Waals surface area contributed by atoms with Crippen LogP contribution in [-0.2, 0) is 32.4 Å². The second kappa shape index (κ2) is 22.5. The fraction of sp³-hybridized carbons (Fsp3) is 0.309. The van der Waals surface area contributed by atoms with Gasteiger partial charge in [0, 0.05) is 53.0 Å². The highest BCUT2D eigenvalue weighted by Gasteiger charge is 2.52. The van der Waals surface area contributed by atoms with Gasteiger partial charge in [-0.2, -0.15) is 21.6 Å². The molecule has 2 N–H and O–H groups in total. The number of rotatable bonds is 10. The quantitative estimate of drug-likeness (QED) is 0.0445. The zero-order valence-electron chi connectivity index (χ0n) is 44.5. The molecule has 0 fully saturated rings. The van der Waals surface area contributed by atoms with Crippen LogP contribution in [0.25, 0.3) is 11.1 Å². The van der Waals surface area contributed by atoms with Crippen LogP contribution >= 0.6 is 0 Å². The van der Waals surface area contributed by atoms with Gasteiger partial charge in [-0.1, -0.05) is 12.1 Å². The predicted molar refractivity (Wildman–Crippen MR) is 276 cm³/mol. The van der Waals surface area contributed by atoms with Gasteiger partial charge < -0.3 is 61.6 Å². The van der Waals surface area contributed by atoms with Crippen molar-refractivity contribution in [2.75, 3.05) is 69.2 Å². The molecule has 83 heavy (non-hydrogen) atoms. The monoisotopic (exact) mass is 1180 g/mol. The smallest absolute Gasteiger partial charge is 0.496 e. The summed E-state index contributed by atoms with van der Waals surface area (Å²) in [7, 11) is 1.38. The third kappa shape index (κ3) is 10.6. The van der Waals surface area contributed by atoms with E-state index in [0.717, 1.165) is 48.4 Å². The van der Waals surface area contributed by atoms with Gasteiger partial charge in [0.1, 0.15) is 46.8 Å². The SMILES string of the molecule is COc1ccc2c(c1-c1cc(F)cc(F)c1)C(=O)O[C@@H]2[C@H]1c2c(cc3c(c2OC)OCO3)CCN1C.COc1ccc2c(c1OS(=O)(=O)C(F)(F)F)C(=O)O[C@@H]2[C@H]1c2c(cc3c(c2OC)OCO3)CCN1C.OB(O)c1cc(F)cc(F)c1. The summed E-state index contributed by atoms with van der Waals surface area (Å²) in [4.78, 5) is 30.3. The summed E-state index contributed by atoms with van der Waals surface area (Å²) in [6.45, 7) is 1.36. The van der Waals surface area contributed by atoms with Crippen molar-refractivity contribution in [2.45, 2.75) is 42.6 Å². The second-order valence-corrected chi connectivity index (χ2v) is 20.9. The maximum atomic E-state index is 14.1. The van der Waals surface area contributed by atoms with E-state index in [4.69, 9.17) is 57.4 Å². The molecule has 438 valence electrons. The van der Waals surface area contributed by atoms with Crippen LogP contribution in [0.2, 0.25) is 0 Å². The van der Waals surface area contributed by atoms with Crippen molar-refractivity contribution in [2.24, 2.45) is 0 Å². The molecular formula is C55H48BF7N2O17S. The number of carbonyl (C=O) groups is 2. The molecule has 4 atom stereocenters. The molecule has 0 unspecified atom stereocenters. The van der Waals surface area contributed by atoms with Gasteiger partial charge in [-0.15, -0.1) is 0 Å². The van der Waals surface area contributed by atoms with Crippen molar-refractivity contribution in [3.63, 3.8) is 0 Å². The Morgan fingerprint density at radius 1 is 0.578 bits per heavy atom. The lowest BCUT2D eigenvalue weighted by atomic mass is 9.80. The lowest BCUT2D eigenvalue weighted by molar-refractivity contribution is -0.0501. The fourth-order valence-electron chi connectivity index (χ4n) is 11.0. The molecule has 0 radical (unpaired) electrons. The maximum absolute atomic E-state index is 14.1. The van der Waals surface area contributed by atoms with Crippen LogP contribution in [0.15, 0.2) is 72.8 Å². The summed E-state index contributed by atoms with van der Waals surface area (Å²) in [5.41, 5.74) is -1.55. The Kier molecular flexibility index (Phi) is 15.8. The van der Waals surface area contributed by atoms with Crippen LogP contribution < -0.4 is 47.5 Å². The minimum atomic E-state index is -6.10. The minimum absolute atomic E-state index is 0.00448. The molecule has 0 saturated heterocycles. The number of carbonyl (C=O) groups excluding carboxylic acids is 2. The first kappa shape index (κ1) is 58.0. The summed E-state index contributed by atoms with van der Waals surface area (Å²) >= 11 is 0. The topological polar surface area (TPSA) is 217 Å². The Hall–Kier alpha value is -8.18. The Labute approximate surface area is 468 Å². The van der Waals surface area contributed by atoms with Gasteiger partial charge in [-0.25, -0.2) is 27.2 Å². The van der Waals surface area contributed by atoms with Crippen molar-refractivity contribution in [1.29, 1.82) is 0 Å². The number of cyclic esters (lactones) is 2. The fourth-order valence-corrected chi connectivity index (χ4v) is 11.5. The molecule has 0 aliphatic carbocycles. The van der Waals surface area contributed by atoms with E-state index in [2.05, 4.69) is 9.08 Å². The Morgan fingerprint density at radius 3 is 1.47 bits per heavy atom. The van der Waals surface area contributed by atoms with Crippen LogP contribution in [0.3, 0.4) is 0 Å². The predicted octanol–water partition coefficient (Wildman–Crippen LogP) is 7.56. The zero-order valence-corrected chi connectivity index (χ0v) is 45.3. The van der Waals surface area contributed by atoms with Crippen LogP contribution in [0.4, 0.5) is 30.7 Å². The maximum Gasteiger partial charge on any atom is 0.534 e. The lowest BCUT2D eigenvalue weighted by Gasteiger charge is -2.38. The number of ether oxygens (including phenoxy) is 10. The van der Waals surface area contributed by atoms with E-state index < -0.39 is 93.6 Å². The molecule has 6 heterocycles. The number of hydrogen-bond acceptors (Lipinski definition) is 19. The average Bonchev–Trinajstić information content (AvgIpc) is 4.43. The van der Waals surface area contributed by atoms with E-state index in [1.54, 1.807) is 26.3 Å². The summed E-state index contributed by atoms with van der Waals surface area (Å²) in [6, 6.07) is 14.3. The number of benzene rings is 6. The van der Waals surface area contributed by atoms with E-state index in [9.17, 15) is 48.7 Å². The molecule has 19 nitrogen and oxygen atoms in total. The Morgan fingerprint density at radius 2 is 1.02 bits per heavy atom. The number of likely N-dealkylation sites (N-methyl/N-ethyl adjacent to an activating group) is 2. The number of nitrogens with zero attached hydrogens (tertiary/aromatic N) is 2. The molecule has 6 aromatic carbocycles. The van der Waals surface area contributed by atoms with Crippen LogP contribution in [-0.4, -0.2) is 122 Å². The van der Waals surface area contributed by atoms with Gasteiger partial charge >= 0.3 is 34.7 Å². The number of fused-ring (bicyclic) bond motifs is 6. The van der Waals surface area contributed by atoms with Gasteiger partial charge in [-0.3, -0.25) is 9.80 Å². The van der Waals surface area contributed by atoms with Gasteiger partial charge in [0.15, 0.2) is 34.5 Å². The molecule has 0 spiro atoms. The summed E-state index contributed by atoms with van der Waals surface area (Å²) in [5, 5.41) is 17.0. The molecule has 28 heteroatoms. The molecule has 0 saturated carbocycles. The third-order valence-electron chi connectivity index (χ3n) is 14.6. The van der Waals surface area contributed by atoms with Gasteiger partial charge in [0.2, 0.25) is 25.1 Å². The van der Waals surface area contributed by atoms with Gasteiger partial charge in [0.05, 0.1) is 46.1 Å². The molecule has 0 aromatic heterocycles. The lowest BCUT2D eigenvalue weighted by Crippen LogP contribution is -2.36. The first-order valence-electron chi connectivity index (χ1n) is 25.0. The average molecular weight is 1180 g/mol. The van der Waals surface area contributed by atoms with Crippen molar-refractivity contribution in [3.05, 3.63) is 141 Å². The van der Waals surface area contributed by atoms with E-state index in [1.165, 1.54) is 38.5 Å². The van der Waals surface area contributed by atoms with E-state index in [1.807, 2.05) is 24.1 Å². The van der Waals surface area contributed by atoms with E-state index in [0.29, 0.717) is 77.0 Å². The standard InChI is InChI=1S/C27H23F2NO6.C22H20F3NO9S.C6H5BF2O2/c1-30-7-6-13-10-19-25(35-12-34-19)26(33-3)21(13)23(30)24-17-4-5-18(32-2)20(22(17)27(31)36-24)14-8-15(28)11-16(29)9-14;1-26-7-6-10-8-13-19(33-9-32-13)20(31-3)14(10)16(26)17-11-4-5-12(30-2)18(15(11)21(27)34-17)35-36(28,29)22(23,24)25;8-5-1-4(7(10)11)2-6(9)3-5/h4-5,8-11,23-24H,6-7,12H2,1-3H3;4-5,8,16-17H,6-7,9H2,1-3H3;1-3,10-11H/t23-,24+;16-,17+;/m11./s1. The molecule has 0 amide bonds. The van der Waals surface area contributed by atoms with E-state index in [-0.39, 0.29) is 47.1 Å². The van der Waals surface area contributed by atoms with Crippen LogP contribution in [0.1, 0.15) is 78.4 Å². The van der Waals surface area contributed by atoms with Gasteiger partial charge in [0.25, 0.3) is 0 Å². The number of esters is 2. The second-order valence-electron chi connectivity index (χ2n) is 19.3. The Bertz CT molecular complexity index is 3660. The third-order valence-corrected chi connectivity index (χ3v) is 15.5. The van der Waals surface area contributed by atoms with Crippen molar-refractivity contribution in [3.8, 4) is 62.9 Å².